The predicted molar refractivity (Wildman–Crippen MR) is 144 cm³/mol. The monoisotopic (exact) mass is 568 g/mol. The molecular weight excluding hydrogens is 544 g/mol. The highest BCUT2D eigenvalue weighted by molar-refractivity contribution is 7.80. The molecule has 9 nitrogen and oxygen atoms in total. The van der Waals surface area contributed by atoms with E-state index in [4.69, 9.17) is 10.2 Å². The number of esters is 1. The van der Waals surface area contributed by atoms with Crippen molar-refractivity contribution in [1.29, 1.82) is 0 Å². The predicted octanol–water partition coefficient (Wildman–Crippen LogP) is 4.78. The summed E-state index contributed by atoms with van der Waals surface area (Å²) < 4.78 is 64.6. The molecule has 1 heterocycles. The Labute approximate surface area is 230 Å². The van der Waals surface area contributed by atoms with E-state index in [1.807, 2.05) is 0 Å². The number of rotatable bonds is 8. The normalized spacial score (nSPS) is 13.7. The van der Waals surface area contributed by atoms with Crippen LogP contribution in [0, 0.1) is 11.6 Å². The molecule has 0 radical (unpaired) electrons. The molecule has 1 aliphatic carbocycles. The van der Waals surface area contributed by atoms with Gasteiger partial charge in [0.1, 0.15) is 23.0 Å². The van der Waals surface area contributed by atoms with Crippen LogP contribution in [0.4, 0.5) is 20.2 Å². The fourth-order valence-corrected chi connectivity index (χ4v) is 5.20. The number of nitrogens with two attached hydrogens (primary N) is 1. The van der Waals surface area contributed by atoms with Crippen molar-refractivity contribution in [2.45, 2.75) is 25.3 Å². The Morgan fingerprint density at radius 1 is 1.18 bits per heavy atom. The Morgan fingerprint density at radius 3 is 2.48 bits per heavy atom. The SMILES string of the molecule is CNC(=O)c1c(-c2ccc(F)cc2)oc2cc(CN(c3cc(F)c(N)c(C(=O)OC)c3)S(=O)[O-])c(C3CC3)cc12. The number of amides is 1. The summed E-state index contributed by atoms with van der Waals surface area (Å²) in [6.07, 6.45) is 1.72. The number of benzene rings is 3. The number of hydrogen-bond donors (Lipinski definition) is 2. The molecule has 1 amide bonds. The first kappa shape index (κ1) is 27.3. The number of anilines is 2. The zero-order valence-corrected chi connectivity index (χ0v) is 22.3. The van der Waals surface area contributed by atoms with Gasteiger partial charge in [-0.15, -0.1) is 0 Å². The van der Waals surface area contributed by atoms with Crippen molar-refractivity contribution >= 4 is 45.5 Å². The summed E-state index contributed by atoms with van der Waals surface area (Å²) in [4.78, 5) is 25.1. The molecule has 0 bridgehead atoms. The first-order chi connectivity index (χ1) is 19.1. The van der Waals surface area contributed by atoms with Crippen LogP contribution in [-0.2, 0) is 22.5 Å². The number of nitrogens with zero attached hydrogens (tertiary/aromatic N) is 1. The minimum absolute atomic E-state index is 0.122. The van der Waals surface area contributed by atoms with E-state index in [0.29, 0.717) is 22.1 Å². The number of ether oxygens (including phenoxy) is 1. The zero-order valence-electron chi connectivity index (χ0n) is 21.5. The first-order valence-electron chi connectivity index (χ1n) is 12.2. The van der Waals surface area contributed by atoms with E-state index in [1.165, 1.54) is 31.3 Å². The molecule has 12 heteroatoms. The van der Waals surface area contributed by atoms with E-state index >= 15 is 0 Å². The van der Waals surface area contributed by atoms with E-state index in [-0.39, 0.29) is 35.0 Å². The fraction of sp³-hybridized carbons (Fsp3) is 0.214. The van der Waals surface area contributed by atoms with Crippen molar-refractivity contribution < 1.29 is 36.3 Å². The van der Waals surface area contributed by atoms with Crippen LogP contribution in [0.25, 0.3) is 22.3 Å². The number of nitrogens with one attached hydrogen (secondary N) is 1. The van der Waals surface area contributed by atoms with Gasteiger partial charge in [-0.05, 0) is 72.4 Å². The summed E-state index contributed by atoms with van der Waals surface area (Å²) in [5, 5.41) is 3.13. The standard InChI is InChI=1S/C28H25F2N3O6S/c1-32-27(34)24-20-12-19(14-3-4-14)16(9-23(20)39-26(24)15-5-7-17(29)8-6-15)13-33(40(36)37)18-10-21(28(35)38-2)25(31)22(30)11-18/h5-12,14H,3-4,13,31H2,1-2H3,(H,32,34)(H,36,37)/p-1. The van der Waals surface area contributed by atoms with E-state index in [9.17, 15) is 27.1 Å². The quantitative estimate of drug-likeness (QED) is 0.177. The van der Waals surface area contributed by atoms with Crippen molar-refractivity contribution in [3.05, 3.63) is 82.4 Å². The minimum atomic E-state index is -2.87. The third kappa shape index (κ3) is 5.03. The second-order valence-corrected chi connectivity index (χ2v) is 10.2. The second-order valence-electron chi connectivity index (χ2n) is 9.35. The Kier molecular flexibility index (Phi) is 7.30. The highest BCUT2D eigenvalue weighted by atomic mass is 32.2. The van der Waals surface area contributed by atoms with E-state index in [2.05, 4.69) is 10.1 Å². The number of hydrogen-bond acceptors (Lipinski definition) is 7. The van der Waals surface area contributed by atoms with Crippen LogP contribution in [-0.4, -0.2) is 34.8 Å². The van der Waals surface area contributed by atoms with Crippen molar-refractivity contribution in [1.82, 2.24) is 5.32 Å². The van der Waals surface area contributed by atoms with Crippen LogP contribution in [0.5, 0.6) is 0 Å². The second kappa shape index (κ2) is 10.7. The molecule has 1 aromatic heterocycles. The Morgan fingerprint density at radius 2 is 1.88 bits per heavy atom. The summed E-state index contributed by atoms with van der Waals surface area (Å²) in [6.45, 7) is -0.219. The highest BCUT2D eigenvalue weighted by Gasteiger charge is 2.30. The van der Waals surface area contributed by atoms with Crippen LogP contribution < -0.4 is 15.4 Å². The minimum Gasteiger partial charge on any atom is -0.755 e. The van der Waals surface area contributed by atoms with Gasteiger partial charge in [0.15, 0.2) is 0 Å². The lowest BCUT2D eigenvalue weighted by atomic mass is 9.97. The Balaban J connectivity index is 1.65. The molecule has 1 aliphatic rings. The number of halogens is 2. The van der Waals surface area contributed by atoms with Gasteiger partial charge < -0.3 is 24.8 Å². The van der Waals surface area contributed by atoms with E-state index in [1.54, 1.807) is 12.1 Å². The number of furan rings is 1. The van der Waals surface area contributed by atoms with Gasteiger partial charge >= 0.3 is 5.97 Å². The fourth-order valence-electron chi connectivity index (χ4n) is 4.68. The van der Waals surface area contributed by atoms with Gasteiger partial charge in [-0.25, -0.2) is 13.6 Å². The number of carbonyl (C=O) groups excluding carboxylic acids is 2. The molecule has 1 unspecified atom stereocenters. The lowest BCUT2D eigenvalue weighted by Gasteiger charge is -2.28. The number of methoxy groups -OCH3 is 1. The Hall–Kier alpha value is -4.29. The molecule has 1 saturated carbocycles. The molecule has 1 atom stereocenters. The number of fused-ring (bicyclic) bond motifs is 1. The van der Waals surface area contributed by atoms with E-state index < -0.39 is 40.5 Å². The smallest absolute Gasteiger partial charge is 0.340 e. The summed E-state index contributed by atoms with van der Waals surface area (Å²) in [5.74, 6) is -2.38. The molecule has 5 rings (SSSR count). The van der Waals surface area contributed by atoms with Crippen molar-refractivity contribution in [2.24, 2.45) is 0 Å². The lowest BCUT2D eigenvalue weighted by Crippen LogP contribution is -2.26. The lowest BCUT2D eigenvalue weighted by molar-refractivity contribution is 0.0601. The first-order valence-corrected chi connectivity index (χ1v) is 13.3. The molecule has 0 spiro atoms. The molecule has 0 saturated heterocycles. The van der Waals surface area contributed by atoms with Crippen molar-refractivity contribution in [3.63, 3.8) is 0 Å². The van der Waals surface area contributed by atoms with Gasteiger partial charge in [0, 0.05) is 35.3 Å². The average Bonchev–Trinajstić information content (AvgIpc) is 3.72. The highest BCUT2D eigenvalue weighted by Crippen LogP contribution is 2.45. The third-order valence-electron chi connectivity index (χ3n) is 6.83. The maximum Gasteiger partial charge on any atom is 0.340 e. The molecule has 3 N–H and O–H groups in total. The van der Waals surface area contributed by atoms with Crippen molar-refractivity contribution in [2.75, 3.05) is 24.2 Å². The van der Waals surface area contributed by atoms with Crippen LogP contribution in [0.1, 0.15) is 50.6 Å². The molecular formula is C28H24F2N3O6S-. The van der Waals surface area contributed by atoms with Crippen LogP contribution >= 0.6 is 0 Å². The average molecular weight is 569 g/mol. The summed E-state index contributed by atoms with van der Waals surface area (Å²) in [7, 11) is 2.59. The number of nitrogen functional groups attached to an aromatic ring is 1. The molecule has 208 valence electrons. The maximum atomic E-state index is 14.6. The third-order valence-corrected chi connectivity index (χ3v) is 7.53. The molecule has 3 aromatic carbocycles. The maximum absolute atomic E-state index is 14.6. The summed E-state index contributed by atoms with van der Waals surface area (Å²) in [6, 6.07) is 11.0. The topological polar surface area (TPSA) is 138 Å². The molecule has 1 fully saturated rings. The Bertz CT molecular complexity index is 1670. The van der Waals surface area contributed by atoms with Gasteiger partial charge in [0.2, 0.25) is 0 Å². The van der Waals surface area contributed by atoms with Crippen LogP contribution in [0.2, 0.25) is 0 Å². The van der Waals surface area contributed by atoms with Gasteiger partial charge in [0.05, 0.1) is 36.2 Å². The summed E-state index contributed by atoms with van der Waals surface area (Å²) >= 11 is -2.87. The molecule has 0 aliphatic heterocycles. The molecule has 40 heavy (non-hydrogen) atoms. The number of carbonyl (C=O) groups is 2. The van der Waals surface area contributed by atoms with Gasteiger partial charge in [-0.2, -0.15) is 0 Å². The molecule has 4 aromatic rings. The van der Waals surface area contributed by atoms with Crippen molar-refractivity contribution in [3.8, 4) is 11.3 Å². The van der Waals surface area contributed by atoms with Gasteiger partial charge in [-0.1, -0.05) is 0 Å². The summed E-state index contributed by atoms with van der Waals surface area (Å²) in [5.41, 5.74) is 7.24. The largest absolute Gasteiger partial charge is 0.755 e. The van der Waals surface area contributed by atoms with Gasteiger partial charge in [-0.3, -0.25) is 13.3 Å². The van der Waals surface area contributed by atoms with Crippen LogP contribution in [0.15, 0.2) is 52.9 Å². The van der Waals surface area contributed by atoms with Crippen LogP contribution in [0.3, 0.4) is 0 Å². The van der Waals surface area contributed by atoms with E-state index in [0.717, 1.165) is 42.0 Å². The zero-order chi connectivity index (χ0) is 28.7. The van der Waals surface area contributed by atoms with Gasteiger partial charge in [0.25, 0.3) is 5.91 Å².